The van der Waals surface area contributed by atoms with Gasteiger partial charge in [0, 0.05) is 24.3 Å². The van der Waals surface area contributed by atoms with Crippen LogP contribution in [0.15, 0.2) is 42.5 Å². The number of nitrogens with one attached hydrogen (secondary N) is 1. The third kappa shape index (κ3) is 3.82. The minimum absolute atomic E-state index is 0.0350. The van der Waals surface area contributed by atoms with Gasteiger partial charge in [-0.2, -0.15) is 0 Å². The van der Waals surface area contributed by atoms with E-state index in [-0.39, 0.29) is 11.8 Å². The number of methoxy groups -OCH3 is 1. The molecule has 0 saturated carbocycles. The van der Waals surface area contributed by atoms with Crippen LogP contribution >= 0.6 is 0 Å². The van der Waals surface area contributed by atoms with Gasteiger partial charge < -0.3 is 15.0 Å². The van der Waals surface area contributed by atoms with Crippen LogP contribution in [0.2, 0.25) is 0 Å². The zero-order valence-corrected chi connectivity index (χ0v) is 14.5. The summed E-state index contributed by atoms with van der Waals surface area (Å²) in [5.41, 5.74) is 3.68. The van der Waals surface area contributed by atoms with E-state index in [0.29, 0.717) is 19.4 Å². The van der Waals surface area contributed by atoms with Crippen LogP contribution < -0.4 is 15.0 Å². The maximum absolute atomic E-state index is 12.8. The average Bonchev–Trinajstić information content (AvgIpc) is 3.05. The maximum Gasteiger partial charge on any atom is 0.231 e. The van der Waals surface area contributed by atoms with E-state index in [2.05, 4.69) is 5.32 Å². The van der Waals surface area contributed by atoms with Gasteiger partial charge in [-0.25, -0.2) is 0 Å². The number of hydrogen-bond donors (Lipinski definition) is 1. The molecule has 0 radical (unpaired) electrons. The molecule has 2 aromatic rings. The molecule has 0 aliphatic carbocycles. The summed E-state index contributed by atoms with van der Waals surface area (Å²) in [6, 6.07) is 13.3. The fourth-order valence-corrected chi connectivity index (χ4v) is 3.02. The van der Waals surface area contributed by atoms with E-state index in [9.17, 15) is 9.59 Å². The monoisotopic (exact) mass is 338 g/mol. The molecule has 0 spiro atoms. The Morgan fingerprint density at radius 3 is 2.80 bits per heavy atom. The highest BCUT2D eigenvalue weighted by Crippen LogP contribution is 2.31. The van der Waals surface area contributed by atoms with Gasteiger partial charge in [0.1, 0.15) is 5.75 Å². The molecule has 2 amide bonds. The molecule has 1 aliphatic rings. The van der Waals surface area contributed by atoms with Crippen molar-refractivity contribution in [2.24, 2.45) is 0 Å². The van der Waals surface area contributed by atoms with Crippen LogP contribution in [0.1, 0.15) is 24.5 Å². The summed E-state index contributed by atoms with van der Waals surface area (Å²) in [7, 11) is 1.61. The van der Waals surface area contributed by atoms with Crippen molar-refractivity contribution in [3.05, 3.63) is 53.6 Å². The SMILES string of the molecule is CCC(=O)Nc1ccc2c(c1)N(C(=O)Cc1cccc(OC)c1)CC2. The number of ether oxygens (including phenoxy) is 1. The van der Waals surface area contributed by atoms with Crippen LogP contribution in [0, 0.1) is 0 Å². The molecule has 0 bridgehead atoms. The molecular formula is C20H22N2O3. The molecule has 5 nitrogen and oxygen atoms in total. The number of amides is 2. The number of fused-ring (bicyclic) bond motifs is 1. The third-order valence-corrected chi connectivity index (χ3v) is 4.38. The quantitative estimate of drug-likeness (QED) is 0.911. The first-order valence-electron chi connectivity index (χ1n) is 8.46. The average molecular weight is 338 g/mol. The van der Waals surface area contributed by atoms with E-state index in [1.54, 1.807) is 12.0 Å². The van der Waals surface area contributed by atoms with Crippen molar-refractivity contribution in [1.29, 1.82) is 0 Å². The number of benzene rings is 2. The molecule has 0 atom stereocenters. The van der Waals surface area contributed by atoms with Gasteiger partial charge in [0.2, 0.25) is 11.8 Å². The Kier molecular flexibility index (Phi) is 5.03. The van der Waals surface area contributed by atoms with Crippen LogP contribution in [-0.4, -0.2) is 25.5 Å². The third-order valence-electron chi connectivity index (χ3n) is 4.38. The van der Waals surface area contributed by atoms with Gasteiger partial charge >= 0.3 is 0 Å². The predicted molar refractivity (Wildman–Crippen MR) is 98.1 cm³/mol. The number of hydrogen-bond acceptors (Lipinski definition) is 3. The zero-order chi connectivity index (χ0) is 17.8. The Morgan fingerprint density at radius 1 is 1.20 bits per heavy atom. The second kappa shape index (κ2) is 7.38. The molecule has 130 valence electrons. The molecular weight excluding hydrogens is 316 g/mol. The molecule has 25 heavy (non-hydrogen) atoms. The first-order valence-corrected chi connectivity index (χ1v) is 8.46. The topological polar surface area (TPSA) is 58.6 Å². The number of nitrogens with zero attached hydrogens (tertiary/aromatic N) is 1. The van der Waals surface area contributed by atoms with Crippen molar-refractivity contribution in [3.63, 3.8) is 0 Å². The van der Waals surface area contributed by atoms with Crippen molar-refractivity contribution in [3.8, 4) is 5.75 Å². The van der Waals surface area contributed by atoms with E-state index in [4.69, 9.17) is 4.74 Å². The highest BCUT2D eigenvalue weighted by Gasteiger charge is 2.25. The lowest BCUT2D eigenvalue weighted by Crippen LogP contribution is -2.30. The van der Waals surface area contributed by atoms with Gasteiger partial charge in [0.05, 0.1) is 13.5 Å². The molecule has 0 unspecified atom stereocenters. The Balaban J connectivity index is 1.77. The van der Waals surface area contributed by atoms with E-state index in [1.807, 2.05) is 49.4 Å². The molecule has 0 aromatic heterocycles. The number of carbonyl (C=O) groups is 2. The molecule has 1 heterocycles. The largest absolute Gasteiger partial charge is 0.497 e. The Bertz CT molecular complexity index is 801. The van der Waals surface area contributed by atoms with Gasteiger partial charge in [-0.05, 0) is 41.8 Å². The molecule has 2 aromatic carbocycles. The number of anilines is 2. The summed E-state index contributed by atoms with van der Waals surface area (Å²) in [6.45, 7) is 2.48. The molecule has 1 N–H and O–H groups in total. The van der Waals surface area contributed by atoms with Crippen LogP contribution in [0.25, 0.3) is 0 Å². The lowest BCUT2D eigenvalue weighted by molar-refractivity contribution is -0.118. The van der Waals surface area contributed by atoms with E-state index in [0.717, 1.165) is 34.7 Å². The van der Waals surface area contributed by atoms with Crippen molar-refractivity contribution in [1.82, 2.24) is 0 Å². The summed E-state index contributed by atoms with van der Waals surface area (Å²) >= 11 is 0. The fraction of sp³-hybridized carbons (Fsp3) is 0.300. The molecule has 3 rings (SSSR count). The Morgan fingerprint density at radius 2 is 2.04 bits per heavy atom. The van der Waals surface area contributed by atoms with E-state index >= 15 is 0 Å². The van der Waals surface area contributed by atoms with Crippen LogP contribution in [0.4, 0.5) is 11.4 Å². The second-order valence-electron chi connectivity index (χ2n) is 6.07. The van der Waals surface area contributed by atoms with Gasteiger partial charge in [-0.15, -0.1) is 0 Å². The standard InChI is InChI=1S/C20H22N2O3/c1-3-19(23)21-16-8-7-15-9-10-22(18(15)13-16)20(24)12-14-5-4-6-17(11-14)25-2/h4-8,11,13H,3,9-10,12H2,1-2H3,(H,21,23). The second-order valence-corrected chi connectivity index (χ2v) is 6.07. The van der Waals surface area contributed by atoms with Gasteiger partial charge in [0.25, 0.3) is 0 Å². The number of carbonyl (C=O) groups excluding carboxylic acids is 2. The Hall–Kier alpha value is -2.82. The molecule has 5 heteroatoms. The van der Waals surface area contributed by atoms with Crippen LogP contribution in [0.5, 0.6) is 5.75 Å². The normalized spacial score (nSPS) is 12.6. The molecule has 0 saturated heterocycles. The summed E-state index contributed by atoms with van der Waals surface area (Å²) in [6.07, 6.45) is 1.58. The zero-order valence-electron chi connectivity index (χ0n) is 14.5. The minimum atomic E-state index is -0.0350. The molecule has 0 fully saturated rings. The summed E-state index contributed by atoms with van der Waals surface area (Å²) in [5.74, 6) is 0.759. The van der Waals surface area contributed by atoms with Gasteiger partial charge in [-0.3, -0.25) is 9.59 Å². The predicted octanol–water partition coefficient (Wildman–Crippen LogP) is 3.18. The maximum atomic E-state index is 12.8. The van der Waals surface area contributed by atoms with Gasteiger partial charge in [-0.1, -0.05) is 25.1 Å². The van der Waals surface area contributed by atoms with Crippen LogP contribution in [0.3, 0.4) is 0 Å². The van der Waals surface area contributed by atoms with Crippen molar-refractivity contribution in [2.45, 2.75) is 26.2 Å². The smallest absolute Gasteiger partial charge is 0.231 e. The van der Waals surface area contributed by atoms with Gasteiger partial charge in [0.15, 0.2) is 0 Å². The van der Waals surface area contributed by atoms with Crippen molar-refractivity contribution in [2.75, 3.05) is 23.9 Å². The summed E-state index contributed by atoms with van der Waals surface area (Å²) in [5, 5.41) is 2.85. The van der Waals surface area contributed by atoms with Crippen LogP contribution in [-0.2, 0) is 22.4 Å². The lowest BCUT2D eigenvalue weighted by atomic mass is 10.1. The van der Waals surface area contributed by atoms with E-state index in [1.165, 1.54) is 0 Å². The van der Waals surface area contributed by atoms with Crippen molar-refractivity contribution < 1.29 is 14.3 Å². The fourth-order valence-electron chi connectivity index (χ4n) is 3.02. The Labute approximate surface area is 147 Å². The number of rotatable bonds is 5. The first kappa shape index (κ1) is 17.0. The lowest BCUT2D eigenvalue weighted by Gasteiger charge is -2.18. The summed E-state index contributed by atoms with van der Waals surface area (Å²) < 4.78 is 5.22. The minimum Gasteiger partial charge on any atom is -0.497 e. The first-order chi connectivity index (χ1) is 12.1. The van der Waals surface area contributed by atoms with E-state index < -0.39 is 0 Å². The summed E-state index contributed by atoms with van der Waals surface area (Å²) in [4.78, 5) is 26.2. The van der Waals surface area contributed by atoms with Crippen molar-refractivity contribution >= 4 is 23.2 Å². The highest BCUT2D eigenvalue weighted by atomic mass is 16.5. The molecule has 1 aliphatic heterocycles. The highest BCUT2D eigenvalue weighted by molar-refractivity contribution is 5.98.